The molecule has 0 bridgehead atoms. The van der Waals surface area contributed by atoms with Crippen molar-refractivity contribution in [2.24, 2.45) is 5.92 Å². The van der Waals surface area contributed by atoms with Crippen LogP contribution in [0.4, 0.5) is 5.69 Å². The molecule has 0 aliphatic heterocycles. The molecule has 6 heteroatoms. The number of carbonyl (C=O) groups is 1. The molecule has 2 N–H and O–H groups in total. The zero-order valence-electron chi connectivity index (χ0n) is 12.9. The summed E-state index contributed by atoms with van der Waals surface area (Å²) in [5.41, 5.74) is 2.03. The van der Waals surface area contributed by atoms with Crippen LogP contribution in [0.5, 0.6) is 0 Å². The van der Waals surface area contributed by atoms with Crippen molar-refractivity contribution in [3.63, 3.8) is 0 Å². The number of nitrogens with zero attached hydrogens (tertiary/aromatic N) is 1. The molecule has 0 radical (unpaired) electrons. The topological polar surface area (TPSA) is 92.5 Å². The first-order valence-electron chi connectivity index (χ1n) is 6.93. The van der Waals surface area contributed by atoms with E-state index >= 15 is 0 Å². The molecule has 0 fully saturated rings. The lowest BCUT2D eigenvalue weighted by Gasteiger charge is -2.15. The second-order valence-electron chi connectivity index (χ2n) is 5.44. The van der Waals surface area contributed by atoms with Gasteiger partial charge in [0, 0.05) is 24.3 Å². The van der Waals surface area contributed by atoms with Crippen LogP contribution in [0.25, 0.3) is 0 Å². The zero-order chi connectivity index (χ0) is 16.2. The van der Waals surface area contributed by atoms with Gasteiger partial charge in [0.15, 0.2) is 0 Å². The Morgan fingerprint density at radius 2 is 2.00 bits per heavy atom. The second kappa shape index (κ2) is 7.17. The van der Waals surface area contributed by atoms with Crippen molar-refractivity contribution in [1.82, 2.24) is 5.32 Å². The molecule has 1 aromatic rings. The summed E-state index contributed by atoms with van der Waals surface area (Å²) in [6, 6.07) is 1.66. The van der Waals surface area contributed by atoms with E-state index in [0.717, 1.165) is 5.56 Å². The minimum Gasteiger partial charge on any atom is -0.396 e. The lowest BCUT2D eigenvalue weighted by Crippen LogP contribution is -2.30. The minimum absolute atomic E-state index is 0.00541. The predicted octanol–water partition coefficient (Wildman–Crippen LogP) is 2.27. The third kappa shape index (κ3) is 4.01. The zero-order valence-corrected chi connectivity index (χ0v) is 12.9. The molecule has 1 rings (SSSR count). The summed E-state index contributed by atoms with van der Waals surface area (Å²) in [5, 5.41) is 22.8. The van der Waals surface area contributed by atoms with Gasteiger partial charge in [-0.3, -0.25) is 14.9 Å². The van der Waals surface area contributed by atoms with Gasteiger partial charge < -0.3 is 10.4 Å². The van der Waals surface area contributed by atoms with E-state index in [4.69, 9.17) is 5.11 Å². The lowest BCUT2D eigenvalue weighted by molar-refractivity contribution is -0.386. The number of hydrogen-bond donors (Lipinski definition) is 2. The molecule has 116 valence electrons. The maximum Gasteiger partial charge on any atom is 0.275 e. The largest absolute Gasteiger partial charge is 0.396 e. The van der Waals surface area contributed by atoms with Gasteiger partial charge >= 0.3 is 0 Å². The van der Waals surface area contributed by atoms with E-state index in [0.29, 0.717) is 29.7 Å². The van der Waals surface area contributed by atoms with Crippen LogP contribution in [-0.4, -0.2) is 29.1 Å². The van der Waals surface area contributed by atoms with E-state index < -0.39 is 4.92 Å². The van der Waals surface area contributed by atoms with Crippen LogP contribution < -0.4 is 5.32 Å². The van der Waals surface area contributed by atoms with Crippen LogP contribution in [0.2, 0.25) is 0 Å². The van der Waals surface area contributed by atoms with E-state index in [1.165, 1.54) is 0 Å². The van der Waals surface area contributed by atoms with E-state index in [-0.39, 0.29) is 24.1 Å². The average Bonchev–Trinajstić information content (AvgIpc) is 2.35. The molecule has 21 heavy (non-hydrogen) atoms. The number of hydrogen-bond acceptors (Lipinski definition) is 4. The summed E-state index contributed by atoms with van der Waals surface area (Å²) in [7, 11) is 0. The van der Waals surface area contributed by atoms with Crippen molar-refractivity contribution in [1.29, 1.82) is 0 Å². The number of amides is 1. The van der Waals surface area contributed by atoms with Crippen molar-refractivity contribution in [3.05, 3.63) is 38.4 Å². The van der Waals surface area contributed by atoms with E-state index in [2.05, 4.69) is 5.32 Å². The van der Waals surface area contributed by atoms with Crippen LogP contribution >= 0.6 is 0 Å². The SMILES string of the molecule is Cc1cc(C)c([N+](=O)[O-])c(C)c1C(=O)NCC(C)CCO. The third-order valence-corrected chi connectivity index (χ3v) is 3.57. The number of aliphatic hydroxyl groups is 1. The smallest absolute Gasteiger partial charge is 0.275 e. The average molecular weight is 294 g/mol. The number of nitrogens with one attached hydrogen (secondary N) is 1. The van der Waals surface area contributed by atoms with E-state index in [1.54, 1.807) is 26.8 Å². The number of nitro groups is 1. The number of nitro benzene ring substituents is 1. The Kier molecular flexibility index (Phi) is 5.84. The Balaban J connectivity index is 3.04. The lowest BCUT2D eigenvalue weighted by atomic mass is 9.96. The molecule has 0 aliphatic carbocycles. The molecule has 6 nitrogen and oxygen atoms in total. The fraction of sp³-hybridized carbons (Fsp3) is 0.533. The summed E-state index contributed by atoms with van der Waals surface area (Å²) in [6.07, 6.45) is 0.603. The van der Waals surface area contributed by atoms with Gasteiger partial charge in [-0.05, 0) is 44.7 Å². The molecule has 0 aromatic heterocycles. The standard InChI is InChI=1S/C15H22N2O4/c1-9(5-6-18)8-16-15(19)13-10(2)7-11(3)14(12(13)4)17(20)21/h7,9,18H,5-6,8H2,1-4H3,(H,16,19). The Labute approximate surface area is 124 Å². The Bertz CT molecular complexity index is 555. The summed E-state index contributed by atoms with van der Waals surface area (Å²) in [5.74, 6) is -0.155. The highest BCUT2D eigenvalue weighted by molar-refractivity contribution is 5.98. The van der Waals surface area contributed by atoms with Crippen molar-refractivity contribution in [3.8, 4) is 0 Å². The number of rotatable bonds is 6. The van der Waals surface area contributed by atoms with Gasteiger partial charge in [0.05, 0.1) is 10.5 Å². The first kappa shape index (κ1) is 17.1. The molecule has 0 saturated heterocycles. The van der Waals surface area contributed by atoms with Crippen LogP contribution in [0.1, 0.15) is 40.4 Å². The van der Waals surface area contributed by atoms with Crippen molar-refractivity contribution < 1.29 is 14.8 Å². The second-order valence-corrected chi connectivity index (χ2v) is 5.44. The predicted molar refractivity (Wildman–Crippen MR) is 80.5 cm³/mol. The number of benzene rings is 1. The first-order valence-corrected chi connectivity index (χ1v) is 6.93. The van der Waals surface area contributed by atoms with Crippen LogP contribution in [0.15, 0.2) is 6.07 Å². The van der Waals surface area contributed by atoms with Crippen LogP contribution in [-0.2, 0) is 0 Å². The van der Waals surface area contributed by atoms with Gasteiger partial charge in [-0.2, -0.15) is 0 Å². The summed E-state index contributed by atoms with van der Waals surface area (Å²) >= 11 is 0. The maximum absolute atomic E-state index is 12.3. The van der Waals surface area contributed by atoms with Crippen molar-refractivity contribution in [2.45, 2.75) is 34.1 Å². The molecule has 0 heterocycles. The first-order chi connectivity index (χ1) is 9.79. The van der Waals surface area contributed by atoms with Gasteiger partial charge in [0.2, 0.25) is 0 Å². The third-order valence-electron chi connectivity index (χ3n) is 3.57. The number of aryl methyl sites for hydroxylation is 2. The van der Waals surface area contributed by atoms with Gasteiger partial charge in [0.1, 0.15) is 0 Å². The van der Waals surface area contributed by atoms with Crippen molar-refractivity contribution in [2.75, 3.05) is 13.2 Å². The fourth-order valence-corrected chi connectivity index (χ4v) is 2.48. The molecule has 1 amide bonds. The molecule has 1 unspecified atom stereocenters. The highest BCUT2D eigenvalue weighted by Crippen LogP contribution is 2.28. The molecule has 0 aliphatic rings. The highest BCUT2D eigenvalue weighted by Gasteiger charge is 2.23. The fourth-order valence-electron chi connectivity index (χ4n) is 2.48. The summed E-state index contributed by atoms with van der Waals surface area (Å²) in [6.45, 7) is 7.47. The van der Waals surface area contributed by atoms with Gasteiger partial charge in [-0.1, -0.05) is 6.92 Å². The highest BCUT2D eigenvalue weighted by atomic mass is 16.6. The summed E-state index contributed by atoms with van der Waals surface area (Å²) in [4.78, 5) is 23.0. The van der Waals surface area contributed by atoms with Gasteiger partial charge in [-0.25, -0.2) is 0 Å². The number of carbonyl (C=O) groups excluding carboxylic acids is 1. The molecular weight excluding hydrogens is 272 g/mol. The summed E-state index contributed by atoms with van der Waals surface area (Å²) < 4.78 is 0. The molecule has 0 spiro atoms. The van der Waals surface area contributed by atoms with E-state index in [9.17, 15) is 14.9 Å². The molecule has 1 aromatic carbocycles. The van der Waals surface area contributed by atoms with Crippen LogP contribution in [0, 0.1) is 36.8 Å². The van der Waals surface area contributed by atoms with Crippen molar-refractivity contribution >= 4 is 11.6 Å². The Morgan fingerprint density at radius 1 is 1.38 bits per heavy atom. The molecule has 1 atom stereocenters. The van der Waals surface area contributed by atoms with Gasteiger partial charge in [-0.15, -0.1) is 0 Å². The minimum atomic E-state index is -0.449. The van der Waals surface area contributed by atoms with E-state index in [1.807, 2.05) is 6.92 Å². The Hall–Kier alpha value is -1.95. The van der Waals surface area contributed by atoms with Crippen LogP contribution in [0.3, 0.4) is 0 Å². The maximum atomic E-state index is 12.3. The number of aliphatic hydroxyl groups excluding tert-OH is 1. The Morgan fingerprint density at radius 3 is 2.52 bits per heavy atom. The normalized spacial score (nSPS) is 12.0. The monoisotopic (exact) mass is 294 g/mol. The molecular formula is C15H22N2O4. The quantitative estimate of drug-likeness (QED) is 0.621. The molecule has 0 saturated carbocycles. The van der Waals surface area contributed by atoms with Gasteiger partial charge in [0.25, 0.3) is 11.6 Å².